The average Bonchev–Trinajstić information content (AvgIpc) is 3.01. The maximum Gasteiger partial charge on any atom is 0.266 e. The third kappa shape index (κ3) is 4.28. The number of nitrogens with zero attached hydrogens (tertiary/aromatic N) is 2. The lowest BCUT2D eigenvalue weighted by atomic mass is 10.1. The maximum absolute atomic E-state index is 12.6. The van der Waals surface area contributed by atoms with Crippen LogP contribution in [0.3, 0.4) is 0 Å². The number of carbonyl (C=O) groups is 1. The number of hydrogen-bond donors (Lipinski definition) is 1. The van der Waals surface area contributed by atoms with Crippen LogP contribution in [0.25, 0.3) is 11.8 Å². The van der Waals surface area contributed by atoms with Gasteiger partial charge in [-0.3, -0.25) is 4.79 Å². The zero-order valence-corrected chi connectivity index (χ0v) is 17.9. The van der Waals surface area contributed by atoms with E-state index in [0.717, 1.165) is 22.6 Å². The van der Waals surface area contributed by atoms with Gasteiger partial charge in [-0.05, 0) is 92.9 Å². The number of nitrogens with one attached hydrogen (secondary N) is 1. The number of amides is 1. The highest BCUT2D eigenvalue weighted by Gasteiger charge is 2.14. The van der Waals surface area contributed by atoms with Crippen molar-refractivity contribution >= 4 is 17.7 Å². The standard InChI is InChI=1S/C25H25N3O2/c1-16-6-9-23(12-17(16)2)28-18(3)13-20(19(28)4)14-21(15-26)25(29)27-22-7-10-24(30-5)11-8-22/h6-14H,1-5H3,(H,27,29)/b21-14+. The Hall–Kier alpha value is -3.78. The van der Waals surface area contributed by atoms with Crippen LogP contribution in [0.4, 0.5) is 5.69 Å². The molecule has 1 N–H and O–H groups in total. The minimum atomic E-state index is -0.446. The van der Waals surface area contributed by atoms with Gasteiger partial charge in [-0.2, -0.15) is 5.26 Å². The van der Waals surface area contributed by atoms with Crippen LogP contribution in [-0.2, 0) is 4.79 Å². The first-order valence-corrected chi connectivity index (χ1v) is 9.68. The van der Waals surface area contributed by atoms with Crippen LogP contribution in [0.15, 0.2) is 54.1 Å². The molecule has 30 heavy (non-hydrogen) atoms. The van der Waals surface area contributed by atoms with Crippen LogP contribution >= 0.6 is 0 Å². The van der Waals surface area contributed by atoms with Crippen molar-refractivity contribution in [2.75, 3.05) is 12.4 Å². The number of methoxy groups -OCH3 is 1. The maximum atomic E-state index is 12.6. The molecule has 5 nitrogen and oxygen atoms in total. The Morgan fingerprint density at radius 1 is 1.03 bits per heavy atom. The molecule has 0 radical (unpaired) electrons. The van der Waals surface area contributed by atoms with E-state index in [-0.39, 0.29) is 5.57 Å². The largest absolute Gasteiger partial charge is 0.497 e. The number of carbonyl (C=O) groups excluding carboxylic acids is 1. The van der Waals surface area contributed by atoms with E-state index < -0.39 is 5.91 Å². The highest BCUT2D eigenvalue weighted by atomic mass is 16.5. The summed E-state index contributed by atoms with van der Waals surface area (Å²) in [5.41, 5.74) is 7.02. The van der Waals surface area contributed by atoms with E-state index in [2.05, 4.69) is 41.9 Å². The summed E-state index contributed by atoms with van der Waals surface area (Å²) in [5, 5.41) is 12.3. The highest BCUT2D eigenvalue weighted by Crippen LogP contribution is 2.24. The van der Waals surface area contributed by atoms with Crippen molar-refractivity contribution in [3.63, 3.8) is 0 Å². The molecule has 152 valence electrons. The Bertz CT molecular complexity index is 1160. The van der Waals surface area contributed by atoms with Crippen molar-refractivity contribution in [3.8, 4) is 17.5 Å². The summed E-state index contributed by atoms with van der Waals surface area (Å²) in [5.74, 6) is 0.251. The van der Waals surface area contributed by atoms with E-state index in [1.807, 2.05) is 26.0 Å². The molecule has 1 amide bonds. The Morgan fingerprint density at radius 2 is 1.73 bits per heavy atom. The topological polar surface area (TPSA) is 67.0 Å². The molecular weight excluding hydrogens is 374 g/mol. The van der Waals surface area contributed by atoms with Crippen molar-refractivity contribution in [2.24, 2.45) is 0 Å². The lowest BCUT2D eigenvalue weighted by Gasteiger charge is -2.12. The number of aromatic nitrogens is 1. The fourth-order valence-electron chi connectivity index (χ4n) is 3.37. The van der Waals surface area contributed by atoms with Crippen LogP contribution in [0.1, 0.15) is 28.1 Å². The second kappa shape index (κ2) is 8.71. The molecule has 0 spiro atoms. The SMILES string of the molecule is COc1ccc(NC(=O)/C(C#N)=C/c2cc(C)n(-c3ccc(C)c(C)c3)c2C)cc1. The molecule has 5 heteroatoms. The number of ether oxygens (including phenoxy) is 1. The van der Waals surface area contributed by atoms with Crippen molar-refractivity contribution in [3.05, 3.63) is 82.2 Å². The fourth-order valence-corrected chi connectivity index (χ4v) is 3.37. The van der Waals surface area contributed by atoms with Crippen LogP contribution in [-0.4, -0.2) is 17.6 Å². The second-order valence-corrected chi connectivity index (χ2v) is 7.28. The van der Waals surface area contributed by atoms with E-state index in [0.29, 0.717) is 11.4 Å². The van der Waals surface area contributed by atoms with Gasteiger partial charge in [0, 0.05) is 22.8 Å². The third-order valence-corrected chi connectivity index (χ3v) is 5.23. The molecule has 1 aromatic heterocycles. The summed E-state index contributed by atoms with van der Waals surface area (Å²) in [6, 6.07) is 17.3. The number of anilines is 1. The van der Waals surface area contributed by atoms with Gasteiger partial charge in [0.2, 0.25) is 0 Å². The van der Waals surface area contributed by atoms with Gasteiger partial charge < -0.3 is 14.6 Å². The average molecular weight is 399 g/mol. The monoisotopic (exact) mass is 399 g/mol. The molecule has 0 aliphatic rings. The molecule has 2 aromatic carbocycles. The summed E-state index contributed by atoms with van der Waals surface area (Å²) >= 11 is 0. The summed E-state index contributed by atoms with van der Waals surface area (Å²) in [6.45, 7) is 8.18. The van der Waals surface area contributed by atoms with Gasteiger partial charge in [0.05, 0.1) is 7.11 Å². The van der Waals surface area contributed by atoms with Gasteiger partial charge in [-0.15, -0.1) is 0 Å². The minimum Gasteiger partial charge on any atom is -0.497 e. The number of benzene rings is 2. The number of rotatable bonds is 5. The molecule has 0 atom stereocenters. The summed E-state index contributed by atoms with van der Waals surface area (Å²) in [6.07, 6.45) is 1.64. The molecule has 0 unspecified atom stereocenters. The molecule has 0 saturated carbocycles. The Labute approximate surface area is 177 Å². The minimum absolute atomic E-state index is 0.0474. The molecule has 0 fully saturated rings. The quantitative estimate of drug-likeness (QED) is 0.470. The zero-order chi connectivity index (χ0) is 21.8. The summed E-state index contributed by atoms with van der Waals surface area (Å²) < 4.78 is 7.25. The summed E-state index contributed by atoms with van der Waals surface area (Å²) in [4.78, 5) is 12.6. The molecule has 0 aliphatic heterocycles. The smallest absolute Gasteiger partial charge is 0.266 e. The lowest BCUT2D eigenvalue weighted by molar-refractivity contribution is -0.112. The van der Waals surface area contributed by atoms with E-state index in [1.165, 1.54) is 11.1 Å². The van der Waals surface area contributed by atoms with Gasteiger partial charge in [0.15, 0.2) is 0 Å². The molecule has 0 aliphatic carbocycles. The molecule has 3 aromatic rings. The Balaban J connectivity index is 1.91. The molecular formula is C25H25N3O2. The highest BCUT2D eigenvalue weighted by molar-refractivity contribution is 6.09. The van der Waals surface area contributed by atoms with Crippen LogP contribution < -0.4 is 10.1 Å². The Kier molecular flexibility index (Phi) is 6.08. The Morgan fingerprint density at radius 3 is 2.33 bits per heavy atom. The lowest BCUT2D eigenvalue weighted by Crippen LogP contribution is -2.13. The molecule has 3 rings (SSSR count). The van der Waals surface area contributed by atoms with E-state index in [1.54, 1.807) is 37.5 Å². The van der Waals surface area contributed by atoms with Crippen molar-refractivity contribution in [2.45, 2.75) is 27.7 Å². The molecule has 1 heterocycles. The number of nitriles is 1. The first kappa shape index (κ1) is 20.9. The van der Waals surface area contributed by atoms with Crippen LogP contribution in [0.5, 0.6) is 5.75 Å². The number of aryl methyl sites for hydroxylation is 3. The first-order valence-electron chi connectivity index (χ1n) is 9.68. The summed E-state index contributed by atoms with van der Waals surface area (Å²) in [7, 11) is 1.58. The van der Waals surface area contributed by atoms with Gasteiger partial charge in [0.25, 0.3) is 5.91 Å². The van der Waals surface area contributed by atoms with E-state index in [4.69, 9.17) is 4.74 Å². The number of hydrogen-bond acceptors (Lipinski definition) is 3. The van der Waals surface area contributed by atoms with Gasteiger partial charge >= 0.3 is 0 Å². The van der Waals surface area contributed by atoms with Crippen LogP contribution in [0, 0.1) is 39.0 Å². The zero-order valence-electron chi connectivity index (χ0n) is 17.9. The second-order valence-electron chi connectivity index (χ2n) is 7.28. The molecule has 0 bridgehead atoms. The van der Waals surface area contributed by atoms with Crippen molar-refractivity contribution < 1.29 is 9.53 Å². The van der Waals surface area contributed by atoms with Crippen molar-refractivity contribution in [1.29, 1.82) is 5.26 Å². The van der Waals surface area contributed by atoms with Gasteiger partial charge in [-0.1, -0.05) is 6.07 Å². The van der Waals surface area contributed by atoms with Crippen molar-refractivity contribution in [1.82, 2.24) is 4.57 Å². The predicted octanol–water partition coefficient (Wildman–Crippen LogP) is 5.27. The van der Waals surface area contributed by atoms with Gasteiger partial charge in [0.1, 0.15) is 17.4 Å². The fraction of sp³-hybridized carbons (Fsp3) is 0.200. The van der Waals surface area contributed by atoms with E-state index in [9.17, 15) is 10.1 Å². The van der Waals surface area contributed by atoms with E-state index >= 15 is 0 Å². The molecule has 0 saturated heterocycles. The van der Waals surface area contributed by atoms with Gasteiger partial charge in [-0.25, -0.2) is 0 Å². The normalized spacial score (nSPS) is 11.1. The van der Waals surface area contributed by atoms with Crippen LogP contribution in [0.2, 0.25) is 0 Å². The third-order valence-electron chi connectivity index (χ3n) is 5.23. The first-order chi connectivity index (χ1) is 14.3. The predicted molar refractivity (Wildman–Crippen MR) is 120 cm³/mol.